The Morgan fingerprint density at radius 2 is 2.10 bits per heavy atom. The number of hydrogen-bond donors (Lipinski definition) is 2. The first kappa shape index (κ1) is 17.0. The van der Waals surface area contributed by atoms with Crippen LogP contribution in [-0.2, 0) is 4.79 Å². The molecule has 1 unspecified atom stereocenters. The summed E-state index contributed by atoms with van der Waals surface area (Å²) < 4.78 is 6.37. The van der Waals surface area contributed by atoms with Crippen molar-refractivity contribution in [3.63, 3.8) is 0 Å². The zero-order valence-electron chi connectivity index (χ0n) is 12.3. The maximum Gasteiger partial charge on any atom is 0.217 e. The van der Waals surface area contributed by atoms with E-state index in [1.807, 2.05) is 39.0 Å². The Kier molecular flexibility index (Phi) is 6.02. The molecule has 0 aromatic heterocycles. The van der Waals surface area contributed by atoms with Crippen molar-refractivity contribution >= 4 is 21.8 Å². The second-order valence-corrected chi connectivity index (χ2v) is 6.59. The van der Waals surface area contributed by atoms with Gasteiger partial charge in [0, 0.05) is 16.9 Å². The van der Waals surface area contributed by atoms with Crippen molar-refractivity contribution in [3.05, 3.63) is 28.2 Å². The van der Waals surface area contributed by atoms with E-state index in [1.165, 1.54) is 0 Å². The van der Waals surface area contributed by atoms with Crippen LogP contribution in [-0.4, -0.2) is 12.5 Å². The SMILES string of the molecule is CCOc1ccc(C(N)CC(C)(C)CC(N)=O)c(Br)c1. The smallest absolute Gasteiger partial charge is 0.217 e. The fourth-order valence-electron chi connectivity index (χ4n) is 2.31. The molecule has 0 bridgehead atoms. The van der Waals surface area contributed by atoms with E-state index in [0.29, 0.717) is 19.4 Å². The molecule has 0 radical (unpaired) electrons. The molecule has 0 heterocycles. The quantitative estimate of drug-likeness (QED) is 0.798. The van der Waals surface area contributed by atoms with Crippen molar-refractivity contribution in [3.8, 4) is 5.75 Å². The number of halogens is 1. The lowest BCUT2D eigenvalue weighted by Gasteiger charge is -2.27. The highest BCUT2D eigenvalue weighted by atomic mass is 79.9. The summed E-state index contributed by atoms with van der Waals surface area (Å²) >= 11 is 3.52. The van der Waals surface area contributed by atoms with E-state index in [0.717, 1.165) is 15.8 Å². The highest BCUT2D eigenvalue weighted by Crippen LogP contribution is 2.35. The third kappa shape index (κ3) is 5.13. The summed E-state index contributed by atoms with van der Waals surface area (Å²) in [5.74, 6) is 0.514. The lowest BCUT2D eigenvalue weighted by molar-refractivity contribution is -0.120. The van der Waals surface area contributed by atoms with Gasteiger partial charge >= 0.3 is 0 Å². The van der Waals surface area contributed by atoms with Crippen molar-refractivity contribution in [1.29, 1.82) is 0 Å². The zero-order valence-corrected chi connectivity index (χ0v) is 13.9. The Bertz CT molecular complexity index is 475. The van der Waals surface area contributed by atoms with Crippen LogP contribution in [0.3, 0.4) is 0 Å². The number of ether oxygens (including phenoxy) is 1. The third-order valence-electron chi connectivity index (χ3n) is 3.11. The molecule has 1 rings (SSSR count). The fourth-order valence-corrected chi connectivity index (χ4v) is 2.97. The molecule has 0 aliphatic rings. The van der Waals surface area contributed by atoms with Crippen LogP contribution in [0, 0.1) is 5.41 Å². The Balaban J connectivity index is 2.82. The molecule has 1 atom stereocenters. The van der Waals surface area contributed by atoms with Crippen LogP contribution in [0.2, 0.25) is 0 Å². The van der Waals surface area contributed by atoms with Gasteiger partial charge in [-0.25, -0.2) is 0 Å². The van der Waals surface area contributed by atoms with Crippen LogP contribution in [0.5, 0.6) is 5.75 Å². The minimum Gasteiger partial charge on any atom is -0.494 e. The van der Waals surface area contributed by atoms with Crippen LogP contribution in [0.1, 0.15) is 45.2 Å². The number of hydrogen-bond acceptors (Lipinski definition) is 3. The number of amides is 1. The monoisotopic (exact) mass is 342 g/mol. The average molecular weight is 343 g/mol. The van der Waals surface area contributed by atoms with Crippen LogP contribution in [0.15, 0.2) is 22.7 Å². The molecule has 0 fully saturated rings. The molecule has 1 aromatic rings. The summed E-state index contributed by atoms with van der Waals surface area (Å²) in [6.07, 6.45) is 1.01. The molecular weight excluding hydrogens is 320 g/mol. The maximum atomic E-state index is 11.1. The van der Waals surface area contributed by atoms with E-state index in [4.69, 9.17) is 16.2 Å². The van der Waals surface area contributed by atoms with E-state index in [2.05, 4.69) is 15.9 Å². The molecule has 0 spiro atoms. The Hall–Kier alpha value is -1.07. The Labute approximate surface area is 129 Å². The van der Waals surface area contributed by atoms with E-state index in [-0.39, 0.29) is 17.4 Å². The minimum absolute atomic E-state index is 0.158. The van der Waals surface area contributed by atoms with Crippen LogP contribution >= 0.6 is 15.9 Å². The molecule has 4 N–H and O–H groups in total. The third-order valence-corrected chi connectivity index (χ3v) is 3.79. The number of carbonyl (C=O) groups excluding carboxylic acids is 1. The number of carbonyl (C=O) groups is 1. The highest BCUT2D eigenvalue weighted by molar-refractivity contribution is 9.10. The Morgan fingerprint density at radius 3 is 2.60 bits per heavy atom. The van der Waals surface area contributed by atoms with E-state index < -0.39 is 0 Å². The van der Waals surface area contributed by atoms with Crippen LogP contribution in [0.25, 0.3) is 0 Å². The first-order valence-corrected chi connectivity index (χ1v) is 7.50. The number of primary amides is 1. The molecule has 5 heteroatoms. The summed E-state index contributed by atoms with van der Waals surface area (Å²) in [7, 11) is 0. The topological polar surface area (TPSA) is 78.3 Å². The lowest BCUT2D eigenvalue weighted by Crippen LogP contribution is -2.27. The molecule has 1 amide bonds. The highest BCUT2D eigenvalue weighted by Gasteiger charge is 2.25. The van der Waals surface area contributed by atoms with Crippen molar-refractivity contribution in [2.24, 2.45) is 16.9 Å². The summed E-state index contributed by atoms with van der Waals surface area (Å²) in [4.78, 5) is 11.1. The van der Waals surface area contributed by atoms with Gasteiger partial charge in [-0.2, -0.15) is 0 Å². The second-order valence-electron chi connectivity index (χ2n) is 5.73. The van der Waals surface area contributed by atoms with E-state index in [9.17, 15) is 4.79 Å². The van der Waals surface area contributed by atoms with Crippen molar-refractivity contribution in [2.45, 2.75) is 39.7 Å². The average Bonchev–Trinajstić information content (AvgIpc) is 2.26. The van der Waals surface area contributed by atoms with Gasteiger partial charge in [-0.1, -0.05) is 35.8 Å². The molecule has 112 valence electrons. The summed E-state index contributed by atoms with van der Waals surface area (Å²) in [6, 6.07) is 5.62. The number of benzene rings is 1. The largest absolute Gasteiger partial charge is 0.494 e. The van der Waals surface area contributed by atoms with Crippen molar-refractivity contribution in [2.75, 3.05) is 6.61 Å². The van der Waals surface area contributed by atoms with Gasteiger partial charge in [0.15, 0.2) is 0 Å². The molecule has 4 nitrogen and oxygen atoms in total. The van der Waals surface area contributed by atoms with Crippen molar-refractivity contribution < 1.29 is 9.53 Å². The molecule has 0 aliphatic heterocycles. The summed E-state index contributed by atoms with van der Waals surface area (Å²) in [5.41, 5.74) is 12.3. The van der Waals surface area contributed by atoms with Gasteiger partial charge < -0.3 is 16.2 Å². The lowest BCUT2D eigenvalue weighted by atomic mass is 9.81. The maximum absolute atomic E-state index is 11.1. The predicted molar refractivity (Wildman–Crippen MR) is 84.4 cm³/mol. The van der Waals surface area contributed by atoms with Gasteiger partial charge in [0.25, 0.3) is 0 Å². The normalized spacial score (nSPS) is 13.1. The molecule has 1 aromatic carbocycles. The van der Waals surface area contributed by atoms with Gasteiger partial charge in [0.05, 0.1) is 6.61 Å². The van der Waals surface area contributed by atoms with Gasteiger partial charge in [0.2, 0.25) is 5.91 Å². The van der Waals surface area contributed by atoms with Gasteiger partial charge in [-0.05, 0) is 36.5 Å². The van der Waals surface area contributed by atoms with Gasteiger partial charge in [-0.3, -0.25) is 4.79 Å². The van der Waals surface area contributed by atoms with Crippen LogP contribution in [0.4, 0.5) is 0 Å². The molecule has 0 saturated carbocycles. The standard InChI is InChI=1S/C15H23BrN2O2/c1-4-20-10-5-6-11(12(16)7-10)13(17)8-15(2,3)9-14(18)19/h5-7,13H,4,8-9,17H2,1-3H3,(H2,18,19). The van der Waals surface area contributed by atoms with Gasteiger partial charge in [-0.15, -0.1) is 0 Å². The second kappa shape index (κ2) is 7.09. The van der Waals surface area contributed by atoms with Crippen LogP contribution < -0.4 is 16.2 Å². The molecular formula is C15H23BrN2O2. The number of rotatable bonds is 7. The van der Waals surface area contributed by atoms with Crippen molar-refractivity contribution in [1.82, 2.24) is 0 Å². The summed E-state index contributed by atoms with van der Waals surface area (Å²) in [6.45, 7) is 6.57. The fraction of sp³-hybridized carbons (Fsp3) is 0.533. The van der Waals surface area contributed by atoms with E-state index in [1.54, 1.807) is 0 Å². The first-order valence-electron chi connectivity index (χ1n) is 6.71. The van der Waals surface area contributed by atoms with Gasteiger partial charge in [0.1, 0.15) is 5.75 Å². The molecule has 0 saturated heterocycles. The molecule has 20 heavy (non-hydrogen) atoms. The Morgan fingerprint density at radius 1 is 1.45 bits per heavy atom. The number of nitrogens with two attached hydrogens (primary N) is 2. The molecule has 0 aliphatic carbocycles. The first-order chi connectivity index (χ1) is 9.25. The predicted octanol–water partition coefficient (Wildman–Crippen LogP) is 3.14. The zero-order chi connectivity index (χ0) is 15.3. The summed E-state index contributed by atoms with van der Waals surface area (Å²) in [5, 5.41) is 0. The minimum atomic E-state index is -0.298. The van der Waals surface area contributed by atoms with E-state index >= 15 is 0 Å².